The van der Waals surface area contributed by atoms with E-state index in [0.29, 0.717) is 10.6 Å². The second-order valence-corrected chi connectivity index (χ2v) is 4.82. The summed E-state index contributed by atoms with van der Waals surface area (Å²) in [6, 6.07) is 5.26. The molecule has 0 radical (unpaired) electrons. The lowest BCUT2D eigenvalue weighted by Crippen LogP contribution is -1.95. The molecule has 0 fully saturated rings. The number of nitrogens with zero attached hydrogens (tertiary/aromatic N) is 1. The van der Waals surface area contributed by atoms with Crippen LogP contribution in [0.3, 0.4) is 0 Å². The lowest BCUT2D eigenvalue weighted by Gasteiger charge is -2.07. The predicted molar refractivity (Wildman–Crippen MR) is 73.9 cm³/mol. The van der Waals surface area contributed by atoms with Crippen LogP contribution in [0.2, 0.25) is 0 Å². The molecule has 0 unspecified atom stereocenters. The van der Waals surface area contributed by atoms with Crippen LogP contribution >= 0.6 is 11.8 Å². The lowest BCUT2D eigenvalue weighted by atomic mass is 10.2. The zero-order valence-electron chi connectivity index (χ0n) is 10.8. The van der Waals surface area contributed by atoms with Crippen molar-refractivity contribution < 1.29 is 9.66 Å². The number of aryl methyl sites for hydroxylation is 1. The molecule has 0 N–H and O–H groups in total. The zero-order valence-corrected chi connectivity index (χ0v) is 11.6. The third-order valence-electron chi connectivity index (χ3n) is 2.38. The van der Waals surface area contributed by atoms with Gasteiger partial charge in [-0.3, -0.25) is 10.1 Å². The molecule has 0 aliphatic heterocycles. The first kappa shape index (κ1) is 14.6. The molecule has 0 atom stereocenters. The normalized spacial score (nSPS) is 11.4. The molecule has 18 heavy (non-hydrogen) atoms. The molecule has 1 aromatic rings. The van der Waals surface area contributed by atoms with E-state index >= 15 is 0 Å². The standard InChI is InChI=1S/C13H17NO3S/c1-4-5-11(17-3)9-18-13-7-6-10(2)8-12(13)14(15)16/h5-8H,4,9H2,1-3H3/b11-5-. The van der Waals surface area contributed by atoms with E-state index in [9.17, 15) is 10.1 Å². The van der Waals surface area contributed by atoms with Gasteiger partial charge in [0.2, 0.25) is 0 Å². The van der Waals surface area contributed by atoms with Gasteiger partial charge in [-0.2, -0.15) is 0 Å². The quantitative estimate of drug-likeness (QED) is 0.339. The first-order chi connectivity index (χ1) is 8.58. The molecule has 1 rings (SSSR count). The Labute approximate surface area is 111 Å². The third kappa shape index (κ3) is 4.07. The Bertz CT molecular complexity index is 458. The van der Waals surface area contributed by atoms with E-state index < -0.39 is 0 Å². The highest BCUT2D eigenvalue weighted by Crippen LogP contribution is 2.31. The van der Waals surface area contributed by atoms with Crippen molar-refractivity contribution in [2.24, 2.45) is 0 Å². The molecule has 0 aliphatic carbocycles. The summed E-state index contributed by atoms with van der Waals surface area (Å²) < 4.78 is 5.21. The summed E-state index contributed by atoms with van der Waals surface area (Å²) in [7, 11) is 1.62. The van der Waals surface area contributed by atoms with Gasteiger partial charge in [-0.25, -0.2) is 0 Å². The van der Waals surface area contributed by atoms with E-state index in [0.717, 1.165) is 17.7 Å². The van der Waals surface area contributed by atoms with Gasteiger partial charge in [0.25, 0.3) is 5.69 Å². The fourth-order valence-corrected chi connectivity index (χ4v) is 2.45. The van der Waals surface area contributed by atoms with Gasteiger partial charge in [-0.05, 0) is 31.1 Å². The second-order valence-electron chi connectivity index (χ2n) is 3.80. The molecule has 0 spiro atoms. The number of rotatable bonds is 6. The molecule has 0 aliphatic rings. The smallest absolute Gasteiger partial charge is 0.283 e. The van der Waals surface area contributed by atoms with Gasteiger partial charge in [0.15, 0.2) is 0 Å². The monoisotopic (exact) mass is 267 g/mol. The van der Waals surface area contributed by atoms with Crippen LogP contribution in [0.25, 0.3) is 0 Å². The van der Waals surface area contributed by atoms with Crippen molar-refractivity contribution in [3.8, 4) is 0 Å². The molecular weight excluding hydrogens is 250 g/mol. The third-order valence-corrected chi connectivity index (χ3v) is 3.46. The Hall–Kier alpha value is -1.49. The van der Waals surface area contributed by atoms with Crippen molar-refractivity contribution in [3.05, 3.63) is 45.7 Å². The Morgan fingerprint density at radius 2 is 2.28 bits per heavy atom. The number of benzene rings is 1. The van der Waals surface area contributed by atoms with E-state index in [1.165, 1.54) is 11.8 Å². The highest BCUT2D eigenvalue weighted by atomic mass is 32.2. The largest absolute Gasteiger partial charge is 0.501 e. The molecule has 0 saturated heterocycles. The first-order valence-electron chi connectivity index (χ1n) is 5.69. The molecule has 98 valence electrons. The van der Waals surface area contributed by atoms with Crippen LogP contribution < -0.4 is 0 Å². The van der Waals surface area contributed by atoms with Crippen LogP contribution in [0.4, 0.5) is 5.69 Å². The summed E-state index contributed by atoms with van der Waals surface area (Å²) >= 11 is 1.42. The summed E-state index contributed by atoms with van der Waals surface area (Å²) in [4.78, 5) is 11.3. The van der Waals surface area contributed by atoms with Crippen molar-refractivity contribution in [1.29, 1.82) is 0 Å². The van der Waals surface area contributed by atoms with E-state index in [-0.39, 0.29) is 10.6 Å². The van der Waals surface area contributed by atoms with Gasteiger partial charge in [0.1, 0.15) is 5.76 Å². The fourth-order valence-electron chi connectivity index (χ4n) is 1.47. The van der Waals surface area contributed by atoms with E-state index in [1.54, 1.807) is 19.2 Å². The van der Waals surface area contributed by atoms with Gasteiger partial charge < -0.3 is 4.74 Å². The summed E-state index contributed by atoms with van der Waals surface area (Å²) in [5.41, 5.74) is 1.05. The fraction of sp³-hybridized carbons (Fsp3) is 0.385. The number of thioether (sulfide) groups is 1. The maximum atomic E-state index is 11.0. The number of allylic oxidation sites excluding steroid dienone is 1. The number of nitro groups is 1. The van der Waals surface area contributed by atoms with Crippen LogP contribution in [0, 0.1) is 17.0 Å². The van der Waals surface area contributed by atoms with Gasteiger partial charge in [0.05, 0.1) is 22.7 Å². The minimum Gasteiger partial charge on any atom is -0.501 e. The zero-order chi connectivity index (χ0) is 13.5. The lowest BCUT2D eigenvalue weighted by molar-refractivity contribution is -0.387. The highest BCUT2D eigenvalue weighted by Gasteiger charge is 2.14. The highest BCUT2D eigenvalue weighted by molar-refractivity contribution is 7.99. The van der Waals surface area contributed by atoms with E-state index in [2.05, 4.69) is 0 Å². The average molecular weight is 267 g/mol. The molecule has 1 aromatic carbocycles. The Morgan fingerprint density at radius 1 is 1.56 bits per heavy atom. The minimum atomic E-state index is -0.342. The van der Waals surface area contributed by atoms with Gasteiger partial charge in [-0.15, -0.1) is 11.8 Å². The van der Waals surface area contributed by atoms with E-state index in [1.807, 2.05) is 26.0 Å². The van der Waals surface area contributed by atoms with Gasteiger partial charge >= 0.3 is 0 Å². The molecule has 0 amide bonds. The van der Waals surface area contributed by atoms with Crippen molar-refractivity contribution in [1.82, 2.24) is 0 Å². The van der Waals surface area contributed by atoms with Crippen LogP contribution in [0.1, 0.15) is 18.9 Å². The SMILES string of the molecule is CC/C=C(/CSc1ccc(C)cc1[N+](=O)[O-])OC. The Kier molecular flexibility index (Phi) is 5.71. The maximum Gasteiger partial charge on any atom is 0.283 e. The molecular formula is C13H17NO3S. The minimum absolute atomic E-state index is 0.159. The number of hydrogen-bond donors (Lipinski definition) is 0. The maximum absolute atomic E-state index is 11.0. The summed E-state index contributed by atoms with van der Waals surface area (Å²) in [5.74, 6) is 1.45. The van der Waals surface area contributed by atoms with Crippen molar-refractivity contribution >= 4 is 17.4 Å². The molecule has 4 nitrogen and oxygen atoms in total. The summed E-state index contributed by atoms with van der Waals surface area (Å²) in [6.07, 6.45) is 2.87. The van der Waals surface area contributed by atoms with Gasteiger partial charge in [-0.1, -0.05) is 13.0 Å². The summed E-state index contributed by atoms with van der Waals surface area (Å²) in [6.45, 7) is 3.87. The molecule has 0 aromatic heterocycles. The van der Waals surface area contributed by atoms with Crippen LogP contribution in [-0.2, 0) is 4.74 Å². The number of methoxy groups -OCH3 is 1. The molecule has 5 heteroatoms. The topological polar surface area (TPSA) is 52.4 Å². The van der Waals surface area contributed by atoms with Gasteiger partial charge in [0, 0.05) is 6.07 Å². The molecule has 0 heterocycles. The van der Waals surface area contributed by atoms with E-state index in [4.69, 9.17) is 4.74 Å². The average Bonchev–Trinajstić information content (AvgIpc) is 2.35. The van der Waals surface area contributed by atoms with Crippen LogP contribution in [0.5, 0.6) is 0 Å². The molecule has 0 bridgehead atoms. The first-order valence-corrected chi connectivity index (χ1v) is 6.68. The van der Waals surface area contributed by atoms with Crippen LogP contribution in [-0.4, -0.2) is 17.8 Å². The van der Waals surface area contributed by atoms with Crippen LogP contribution in [0.15, 0.2) is 34.9 Å². The number of ether oxygens (including phenoxy) is 1. The van der Waals surface area contributed by atoms with Crippen molar-refractivity contribution in [3.63, 3.8) is 0 Å². The Morgan fingerprint density at radius 3 is 2.83 bits per heavy atom. The Balaban J connectivity index is 2.84. The molecule has 0 saturated carbocycles. The summed E-state index contributed by atoms with van der Waals surface area (Å²) in [5, 5.41) is 11.0. The predicted octanol–water partition coefficient (Wildman–Crippen LogP) is 3.94. The second kappa shape index (κ2) is 7.06. The number of nitro benzene ring substituents is 1. The van der Waals surface area contributed by atoms with Crippen molar-refractivity contribution in [2.45, 2.75) is 25.2 Å². The van der Waals surface area contributed by atoms with Crippen molar-refractivity contribution in [2.75, 3.05) is 12.9 Å². The number of hydrogen-bond acceptors (Lipinski definition) is 4.